The van der Waals surface area contributed by atoms with Crippen molar-refractivity contribution in [3.05, 3.63) is 101 Å². The van der Waals surface area contributed by atoms with E-state index in [1.165, 1.54) is 0 Å². The molecule has 0 unspecified atom stereocenters. The lowest BCUT2D eigenvalue weighted by atomic mass is 9.55. The van der Waals surface area contributed by atoms with Crippen LogP contribution in [-0.2, 0) is 23.9 Å². The Morgan fingerprint density at radius 1 is 0.800 bits per heavy atom. The summed E-state index contributed by atoms with van der Waals surface area (Å²) < 4.78 is 5.44. The summed E-state index contributed by atoms with van der Waals surface area (Å²) in [4.78, 5) is 55.4. The third-order valence-corrected chi connectivity index (χ3v) is 8.53. The highest BCUT2D eigenvalue weighted by Gasteiger charge is 2.63. The standard InChI is InChI=1S/C33H32N2O5/c1-18(2)16-25(33(39)40-17-26(36)34-24-15-9-4-10-19(24)3)35-31(37)29-27-20-11-5-6-12-21(20)28(30(29)32(35)38)23-14-8-7-13-22(23)27/h4-15,18,25,27-30H,16-17H2,1-3H3,(H,34,36)/t25-,27?,28?,29-,30-/m0/s1. The van der Waals surface area contributed by atoms with E-state index in [2.05, 4.69) is 5.32 Å². The predicted octanol–water partition coefficient (Wildman–Crippen LogP) is 4.78. The number of ether oxygens (including phenoxy) is 1. The van der Waals surface area contributed by atoms with Gasteiger partial charge in [-0.15, -0.1) is 0 Å². The first-order valence-electron chi connectivity index (χ1n) is 13.8. The van der Waals surface area contributed by atoms with Crippen LogP contribution in [0.5, 0.6) is 0 Å². The molecule has 7 nitrogen and oxygen atoms in total. The Bertz CT molecular complexity index is 1410. The molecule has 3 aromatic carbocycles. The molecule has 3 aliphatic carbocycles. The first kappa shape index (κ1) is 26.0. The number of hydrogen-bond donors (Lipinski definition) is 1. The number of esters is 1. The molecule has 4 aliphatic rings. The number of amides is 3. The molecule has 1 fully saturated rings. The molecule has 3 aromatic rings. The first-order valence-corrected chi connectivity index (χ1v) is 13.8. The van der Waals surface area contributed by atoms with E-state index in [9.17, 15) is 19.2 Å². The predicted molar refractivity (Wildman–Crippen MR) is 149 cm³/mol. The molecule has 1 saturated heterocycles. The van der Waals surface area contributed by atoms with Gasteiger partial charge in [0.05, 0.1) is 11.8 Å². The van der Waals surface area contributed by atoms with E-state index in [-0.39, 0.29) is 36.0 Å². The summed E-state index contributed by atoms with van der Waals surface area (Å²) in [7, 11) is 0. The largest absolute Gasteiger partial charge is 0.454 e. The molecule has 40 heavy (non-hydrogen) atoms. The molecule has 3 atom stereocenters. The lowest BCUT2D eigenvalue weighted by Gasteiger charge is -2.45. The van der Waals surface area contributed by atoms with Gasteiger partial charge in [0, 0.05) is 17.5 Å². The van der Waals surface area contributed by atoms with E-state index >= 15 is 0 Å². The topological polar surface area (TPSA) is 92.8 Å². The van der Waals surface area contributed by atoms with Gasteiger partial charge in [0.15, 0.2) is 6.61 Å². The molecule has 0 saturated carbocycles. The highest BCUT2D eigenvalue weighted by Crippen LogP contribution is 2.61. The summed E-state index contributed by atoms with van der Waals surface area (Å²) in [6.45, 7) is 5.22. The summed E-state index contributed by atoms with van der Waals surface area (Å²) >= 11 is 0. The van der Waals surface area contributed by atoms with Crippen molar-refractivity contribution in [1.29, 1.82) is 0 Å². The third kappa shape index (κ3) is 4.12. The van der Waals surface area contributed by atoms with Crippen LogP contribution in [0.15, 0.2) is 72.8 Å². The minimum absolute atomic E-state index is 0.00712. The maximum Gasteiger partial charge on any atom is 0.329 e. The molecule has 1 aliphatic heterocycles. The van der Waals surface area contributed by atoms with Crippen LogP contribution in [0.3, 0.4) is 0 Å². The zero-order valence-corrected chi connectivity index (χ0v) is 22.8. The summed E-state index contributed by atoms with van der Waals surface area (Å²) in [6.07, 6.45) is 0.254. The van der Waals surface area contributed by atoms with E-state index in [0.29, 0.717) is 5.69 Å². The van der Waals surface area contributed by atoms with Gasteiger partial charge in [-0.05, 0) is 53.1 Å². The molecule has 3 amide bonds. The fraction of sp³-hybridized carbons (Fsp3) is 0.333. The average Bonchev–Trinajstić information content (AvgIpc) is 3.21. The fourth-order valence-corrected chi connectivity index (χ4v) is 6.89. The number of likely N-dealkylation sites (tertiary alicyclic amines) is 1. The molecule has 7 rings (SSSR count). The highest BCUT2D eigenvalue weighted by molar-refractivity contribution is 6.10. The summed E-state index contributed by atoms with van der Waals surface area (Å²) in [6, 6.07) is 22.3. The molecule has 7 heteroatoms. The van der Waals surface area contributed by atoms with Gasteiger partial charge >= 0.3 is 5.97 Å². The van der Waals surface area contributed by atoms with Gasteiger partial charge in [-0.2, -0.15) is 0 Å². The smallest absolute Gasteiger partial charge is 0.329 e. The second-order valence-corrected chi connectivity index (χ2v) is 11.4. The Balaban J connectivity index is 1.28. The summed E-state index contributed by atoms with van der Waals surface area (Å²) in [5.41, 5.74) is 5.81. The average molecular weight is 537 g/mol. The fourth-order valence-electron chi connectivity index (χ4n) is 6.89. The summed E-state index contributed by atoms with van der Waals surface area (Å²) in [5.74, 6) is -3.53. The van der Waals surface area contributed by atoms with Crippen LogP contribution in [0.25, 0.3) is 0 Å². The quantitative estimate of drug-likeness (QED) is 0.347. The molecule has 1 N–H and O–H groups in total. The van der Waals surface area contributed by atoms with Crippen molar-refractivity contribution in [3.63, 3.8) is 0 Å². The lowest BCUT2D eigenvalue weighted by molar-refractivity contribution is -0.160. The molecule has 204 valence electrons. The van der Waals surface area contributed by atoms with Crippen molar-refractivity contribution in [2.24, 2.45) is 17.8 Å². The monoisotopic (exact) mass is 536 g/mol. The van der Waals surface area contributed by atoms with E-state index in [1.54, 1.807) is 12.1 Å². The molecular formula is C33H32N2O5. The SMILES string of the molecule is Cc1ccccc1NC(=O)COC(=O)[C@H](CC(C)C)N1C(=O)[C@H]2C3c4ccccc4C(c4ccccc43)[C@@H]2C1=O. The Morgan fingerprint density at radius 2 is 1.27 bits per heavy atom. The second kappa shape index (κ2) is 10.0. The van der Waals surface area contributed by atoms with Crippen molar-refractivity contribution in [3.8, 4) is 0 Å². The highest BCUT2D eigenvalue weighted by atomic mass is 16.5. The van der Waals surface area contributed by atoms with Gasteiger partial charge in [-0.1, -0.05) is 80.6 Å². The van der Waals surface area contributed by atoms with Crippen LogP contribution >= 0.6 is 0 Å². The number of carbonyl (C=O) groups excluding carboxylic acids is 4. The van der Waals surface area contributed by atoms with Crippen LogP contribution in [0.4, 0.5) is 5.69 Å². The number of para-hydroxylation sites is 1. The summed E-state index contributed by atoms with van der Waals surface area (Å²) in [5, 5.41) is 2.75. The molecule has 2 bridgehead atoms. The van der Waals surface area contributed by atoms with E-state index < -0.39 is 36.4 Å². The van der Waals surface area contributed by atoms with Crippen molar-refractivity contribution < 1.29 is 23.9 Å². The maximum absolute atomic E-state index is 14.1. The van der Waals surface area contributed by atoms with Crippen molar-refractivity contribution in [1.82, 2.24) is 4.90 Å². The molecule has 0 aromatic heterocycles. The molecule has 0 spiro atoms. The van der Waals surface area contributed by atoms with Gasteiger partial charge in [0.25, 0.3) is 5.91 Å². The van der Waals surface area contributed by atoms with Gasteiger partial charge < -0.3 is 10.1 Å². The van der Waals surface area contributed by atoms with Crippen LogP contribution in [0.2, 0.25) is 0 Å². The molecule has 1 heterocycles. The minimum Gasteiger partial charge on any atom is -0.454 e. The van der Waals surface area contributed by atoms with Crippen molar-refractivity contribution >= 4 is 29.4 Å². The zero-order chi connectivity index (χ0) is 28.1. The van der Waals surface area contributed by atoms with Crippen molar-refractivity contribution in [2.45, 2.75) is 45.1 Å². The number of rotatable bonds is 7. The maximum atomic E-state index is 14.1. The Kier molecular flexibility index (Phi) is 6.53. The van der Waals surface area contributed by atoms with E-state index in [4.69, 9.17) is 4.74 Å². The van der Waals surface area contributed by atoms with Gasteiger partial charge in [-0.25, -0.2) is 4.79 Å². The van der Waals surface area contributed by atoms with Crippen LogP contribution in [0.1, 0.15) is 59.9 Å². The number of aryl methyl sites for hydroxylation is 1. The van der Waals surface area contributed by atoms with E-state index in [1.807, 2.05) is 81.4 Å². The van der Waals surface area contributed by atoms with Crippen LogP contribution in [0, 0.1) is 24.7 Å². The third-order valence-electron chi connectivity index (χ3n) is 8.53. The number of nitrogens with one attached hydrogen (secondary N) is 1. The first-order chi connectivity index (χ1) is 19.3. The number of nitrogens with zero attached hydrogens (tertiary/aromatic N) is 1. The Morgan fingerprint density at radius 3 is 1.75 bits per heavy atom. The van der Waals surface area contributed by atoms with Gasteiger partial charge in [0.2, 0.25) is 11.8 Å². The van der Waals surface area contributed by atoms with E-state index in [0.717, 1.165) is 32.7 Å². The number of benzene rings is 3. The number of hydrogen-bond acceptors (Lipinski definition) is 5. The Hall–Kier alpha value is -4.26. The van der Waals surface area contributed by atoms with Gasteiger partial charge in [0.1, 0.15) is 6.04 Å². The van der Waals surface area contributed by atoms with Crippen LogP contribution < -0.4 is 5.32 Å². The molecule has 0 radical (unpaired) electrons. The number of imide groups is 1. The Labute approximate surface area is 233 Å². The number of anilines is 1. The van der Waals surface area contributed by atoms with Gasteiger partial charge in [-0.3, -0.25) is 19.3 Å². The van der Waals surface area contributed by atoms with Crippen molar-refractivity contribution in [2.75, 3.05) is 11.9 Å². The minimum atomic E-state index is -1.09. The molecular weight excluding hydrogens is 504 g/mol. The van der Waals surface area contributed by atoms with Crippen LogP contribution in [-0.4, -0.2) is 41.2 Å². The normalized spacial score (nSPS) is 22.9. The lowest BCUT2D eigenvalue weighted by Crippen LogP contribution is -2.47. The number of carbonyl (C=O) groups is 4. The zero-order valence-electron chi connectivity index (χ0n) is 22.8. The second-order valence-electron chi connectivity index (χ2n) is 11.4.